The molecule has 1 radical (unpaired) electrons. The molecule has 1 aromatic carbocycles. The Morgan fingerprint density at radius 3 is 1.77 bits per heavy atom. The van der Waals surface area contributed by atoms with Crippen LogP contribution in [0.2, 0.25) is 0 Å². The molecule has 0 bridgehead atoms. The topological polar surface area (TPSA) is 17.1 Å². The van der Waals surface area contributed by atoms with E-state index in [9.17, 15) is 4.79 Å². The molecule has 0 aromatic heterocycles. The van der Waals surface area contributed by atoms with Gasteiger partial charge in [-0.3, -0.25) is 4.79 Å². The number of rotatable bonds is 14. The second kappa shape index (κ2) is 13.5. The standard InChI is InChI=1S/C21H33O/c1-2-3-4-5-6-7-8-9-10-11-13-18-21(19-22)20-16-14-12-15-17-20/h12,14-17,21H,2-11,13,18H2,1H3. The van der Waals surface area contributed by atoms with Gasteiger partial charge in [-0.1, -0.05) is 108 Å². The van der Waals surface area contributed by atoms with Crippen LogP contribution in [0.25, 0.3) is 0 Å². The molecule has 0 saturated heterocycles. The third kappa shape index (κ3) is 9.02. The first-order valence-corrected chi connectivity index (χ1v) is 9.31. The zero-order valence-corrected chi connectivity index (χ0v) is 14.4. The maximum Gasteiger partial charge on any atom is 0.206 e. The smallest absolute Gasteiger partial charge is 0.206 e. The Balaban J connectivity index is 1.95. The monoisotopic (exact) mass is 301 g/mol. The predicted octanol–water partition coefficient (Wildman–Crippen LogP) is 6.58. The molecule has 0 fully saturated rings. The van der Waals surface area contributed by atoms with Crippen molar-refractivity contribution in [3.8, 4) is 0 Å². The molecule has 0 heterocycles. The van der Waals surface area contributed by atoms with Crippen LogP contribution in [0.1, 0.15) is 95.5 Å². The summed E-state index contributed by atoms with van der Waals surface area (Å²) in [6.07, 6.45) is 18.0. The van der Waals surface area contributed by atoms with E-state index in [1.807, 2.05) is 30.3 Å². The summed E-state index contributed by atoms with van der Waals surface area (Å²) in [7, 11) is 0. The molecule has 123 valence electrons. The maximum absolute atomic E-state index is 11.1. The molecule has 1 heteroatoms. The van der Waals surface area contributed by atoms with Crippen LogP contribution >= 0.6 is 0 Å². The summed E-state index contributed by atoms with van der Waals surface area (Å²) >= 11 is 0. The molecule has 1 unspecified atom stereocenters. The van der Waals surface area contributed by atoms with Crippen molar-refractivity contribution in [1.82, 2.24) is 0 Å². The van der Waals surface area contributed by atoms with Crippen molar-refractivity contribution in [2.75, 3.05) is 0 Å². The quantitative estimate of drug-likeness (QED) is 0.355. The normalized spacial score (nSPS) is 12.2. The van der Waals surface area contributed by atoms with Gasteiger partial charge in [0.05, 0.1) is 5.92 Å². The third-order valence-electron chi connectivity index (χ3n) is 4.44. The Labute approximate surface area is 137 Å². The number of unbranched alkanes of at least 4 members (excludes halogenated alkanes) is 10. The molecule has 1 atom stereocenters. The van der Waals surface area contributed by atoms with Crippen molar-refractivity contribution in [2.24, 2.45) is 0 Å². The number of carbonyl (C=O) groups excluding carboxylic acids is 1. The van der Waals surface area contributed by atoms with E-state index < -0.39 is 0 Å². The minimum absolute atomic E-state index is 0.0280. The molecule has 0 N–H and O–H groups in total. The molecule has 0 amide bonds. The Bertz CT molecular complexity index is 357. The zero-order chi connectivity index (χ0) is 15.9. The lowest BCUT2D eigenvalue weighted by atomic mass is 9.94. The van der Waals surface area contributed by atoms with Crippen molar-refractivity contribution >= 4 is 6.29 Å². The van der Waals surface area contributed by atoms with E-state index in [-0.39, 0.29) is 5.92 Å². The van der Waals surface area contributed by atoms with Gasteiger partial charge >= 0.3 is 0 Å². The van der Waals surface area contributed by atoms with Gasteiger partial charge in [0.25, 0.3) is 0 Å². The Morgan fingerprint density at radius 2 is 1.27 bits per heavy atom. The van der Waals surface area contributed by atoms with Crippen molar-refractivity contribution in [2.45, 2.75) is 89.9 Å². The SMILES string of the molecule is CCCCCCCCCCCCCC([C]=O)c1ccccc1. The van der Waals surface area contributed by atoms with Crippen LogP contribution in [0, 0.1) is 0 Å². The Kier molecular flexibility index (Phi) is 11.7. The largest absolute Gasteiger partial charge is 0.290 e. The molecule has 0 spiro atoms. The lowest BCUT2D eigenvalue weighted by Gasteiger charge is -2.09. The Morgan fingerprint density at radius 1 is 0.773 bits per heavy atom. The molecule has 1 aromatic rings. The van der Waals surface area contributed by atoms with Crippen molar-refractivity contribution in [1.29, 1.82) is 0 Å². The third-order valence-corrected chi connectivity index (χ3v) is 4.44. The average molecular weight is 301 g/mol. The first-order chi connectivity index (χ1) is 10.9. The van der Waals surface area contributed by atoms with Gasteiger partial charge in [0, 0.05) is 0 Å². The molecular formula is C21H33O. The fraction of sp³-hybridized carbons (Fsp3) is 0.667. The summed E-state index contributed by atoms with van der Waals surface area (Å²) in [5.74, 6) is -0.0280. The first kappa shape index (κ1) is 18.9. The van der Waals surface area contributed by atoms with Crippen LogP contribution < -0.4 is 0 Å². The van der Waals surface area contributed by atoms with Crippen LogP contribution in [0.4, 0.5) is 0 Å². The zero-order valence-electron chi connectivity index (χ0n) is 14.4. The number of hydrogen-bond donors (Lipinski definition) is 0. The molecule has 22 heavy (non-hydrogen) atoms. The highest BCUT2D eigenvalue weighted by atomic mass is 16.1. The second-order valence-electron chi connectivity index (χ2n) is 6.41. The summed E-state index contributed by atoms with van der Waals surface area (Å²) < 4.78 is 0. The van der Waals surface area contributed by atoms with E-state index in [0.29, 0.717) is 0 Å². The van der Waals surface area contributed by atoms with Gasteiger partial charge in [0.15, 0.2) is 0 Å². The number of benzene rings is 1. The van der Waals surface area contributed by atoms with E-state index in [4.69, 9.17) is 0 Å². The minimum atomic E-state index is -0.0280. The summed E-state index contributed by atoms with van der Waals surface area (Å²) in [6.45, 7) is 2.27. The van der Waals surface area contributed by atoms with Crippen LogP contribution in [0.5, 0.6) is 0 Å². The summed E-state index contributed by atoms with van der Waals surface area (Å²) in [4.78, 5) is 11.1. The van der Waals surface area contributed by atoms with Crippen LogP contribution in [-0.4, -0.2) is 6.29 Å². The molecule has 1 nitrogen and oxygen atoms in total. The summed E-state index contributed by atoms with van der Waals surface area (Å²) in [5.41, 5.74) is 1.12. The van der Waals surface area contributed by atoms with Gasteiger partial charge in [-0.05, 0) is 12.0 Å². The summed E-state index contributed by atoms with van der Waals surface area (Å²) in [6, 6.07) is 10.1. The van der Waals surface area contributed by atoms with Crippen LogP contribution in [0.3, 0.4) is 0 Å². The molecule has 1 rings (SSSR count). The van der Waals surface area contributed by atoms with E-state index in [0.717, 1.165) is 18.4 Å². The minimum Gasteiger partial charge on any atom is -0.290 e. The average Bonchev–Trinajstić information content (AvgIpc) is 2.57. The predicted molar refractivity (Wildman–Crippen MR) is 96.0 cm³/mol. The van der Waals surface area contributed by atoms with E-state index >= 15 is 0 Å². The molecule has 0 aliphatic rings. The summed E-state index contributed by atoms with van der Waals surface area (Å²) in [5, 5.41) is 0. The lowest BCUT2D eigenvalue weighted by molar-refractivity contribution is 0.518. The molecular weight excluding hydrogens is 268 g/mol. The van der Waals surface area contributed by atoms with Gasteiger partial charge < -0.3 is 0 Å². The van der Waals surface area contributed by atoms with Gasteiger partial charge in [-0.15, -0.1) is 0 Å². The lowest BCUT2D eigenvalue weighted by Crippen LogP contribution is -1.99. The van der Waals surface area contributed by atoms with Crippen LogP contribution in [-0.2, 0) is 4.79 Å². The van der Waals surface area contributed by atoms with Crippen molar-refractivity contribution in [3.05, 3.63) is 35.9 Å². The molecule has 0 saturated carbocycles. The fourth-order valence-corrected chi connectivity index (χ4v) is 2.99. The van der Waals surface area contributed by atoms with E-state index in [1.54, 1.807) is 0 Å². The number of hydrogen-bond acceptors (Lipinski definition) is 1. The van der Waals surface area contributed by atoms with E-state index in [2.05, 4.69) is 13.2 Å². The molecule has 0 aliphatic heterocycles. The van der Waals surface area contributed by atoms with Crippen LogP contribution in [0.15, 0.2) is 30.3 Å². The van der Waals surface area contributed by atoms with Crippen molar-refractivity contribution in [3.63, 3.8) is 0 Å². The Hall–Kier alpha value is -1.11. The fourth-order valence-electron chi connectivity index (χ4n) is 2.99. The second-order valence-corrected chi connectivity index (χ2v) is 6.41. The van der Waals surface area contributed by atoms with E-state index in [1.165, 1.54) is 64.2 Å². The maximum atomic E-state index is 11.1. The van der Waals surface area contributed by atoms with Gasteiger partial charge in [0.1, 0.15) is 0 Å². The first-order valence-electron chi connectivity index (χ1n) is 9.31. The van der Waals surface area contributed by atoms with Gasteiger partial charge in [-0.25, -0.2) is 0 Å². The van der Waals surface area contributed by atoms with Crippen molar-refractivity contribution < 1.29 is 4.79 Å². The van der Waals surface area contributed by atoms with Gasteiger partial charge in [-0.2, -0.15) is 0 Å². The van der Waals surface area contributed by atoms with Gasteiger partial charge in [0.2, 0.25) is 6.29 Å². The highest BCUT2D eigenvalue weighted by Crippen LogP contribution is 2.21. The molecule has 0 aliphatic carbocycles. The highest BCUT2D eigenvalue weighted by molar-refractivity contribution is 5.62. The highest BCUT2D eigenvalue weighted by Gasteiger charge is 2.10.